The van der Waals surface area contributed by atoms with Crippen molar-refractivity contribution < 1.29 is 23.7 Å². The van der Waals surface area contributed by atoms with Gasteiger partial charge in [-0.3, -0.25) is 20.2 Å². The van der Waals surface area contributed by atoms with Gasteiger partial charge in [0, 0.05) is 17.2 Å². The van der Waals surface area contributed by atoms with E-state index in [0.717, 1.165) is 24.3 Å². The summed E-state index contributed by atoms with van der Waals surface area (Å²) in [6.07, 6.45) is 0. The van der Waals surface area contributed by atoms with Crippen LogP contribution in [0.5, 0.6) is 5.75 Å². The molecule has 7 nitrogen and oxygen atoms in total. The van der Waals surface area contributed by atoms with Crippen molar-refractivity contribution in [2.75, 3.05) is 0 Å². The van der Waals surface area contributed by atoms with Crippen molar-refractivity contribution in [2.45, 2.75) is 28.7 Å². The van der Waals surface area contributed by atoms with Crippen LogP contribution in [0.15, 0.2) is 28.7 Å². The average molecular weight is 437 g/mol. The monoisotopic (exact) mass is 436 g/mol. The molecule has 0 heterocycles. The van der Waals surface area contributed by atoms with Crippen molar-refractivity contribution in [3.8, 4) is 5.75 Å². The zero-order valence-corrected chi connectivity index (χ0v) is 14.0. The second kappa shape index (κ2) is 10.4. The van der Waals surface area contributed by atoms with Gasteiger partial charge in [0.05, 0.1) is 20.4 Å². The number of hydrogen-bond donors (Lipinski definition) is 1. The molecule has 0 atom stereocenters. The van der Waals surface area contributed by atoms with Crippen molar-refractivity contribution in [3.05, 3.63) is 71.7 Å². The molecule has 0 aromatic heterocycles. The van der Waals surface area contributed by atoms with Crippen LogP contribution in [0, 0.1) is 45.7 Å². The van der Waals surface area contributed by atoms with Crippen LogP contribution in [0.2, 0.25) is 0 Å². The Labute approximate surface area is 157 Å². The lowest BCUT2D eigenvalue weighted by Gasteiger charge is -1.98. The predicted octanol–water partition coefficient (Wildman–Crippen LogP) is 5.82. The molecule has 2 rings (SSSR count). The molecule has 144 valence electrons. The van der Waals surface area contributed by atoms with E-state index in [1.807, 2.05) is 0 Å². The van der Waals surface area contributed by atoms with Crippen LogP contribution in [0.25, 0.3) is 0 Å². The Morgan fingerprint density at radius 2 is 1.27 bits per heavy atom. The quantitative estimate of drug-likeness (QED) is 0.470. The summed E-state index contributed by atoms with van der Waals surface area (Å²) in [5.41, 5.74) is 0.146. The maximum atomic E-state index is 12.8. The number of phenols is 1. The number of benzene rings is 2. The molecule has 0 aliphatic heterocycles. The maximum Gasteiger partial charge on any atom is 0.276 e. The van der Waals surface area contributed by atoms with Gasteiger partial charge in [0.1, 0.15) is 5.82 Å². The third-order valence-electron chi connectivity index (χ3n) is 2.90. The van der Waals surface area contributed by atoms with Crippen LogP contribution >= 0.6 is 15.9 Å². The lowest BCUT2D eigenvalue weighted by Crippen LogP contribution is -1.92. The van der Waals surface area contributed by atoms with Crippen LogP contribution < -0.4 is 0 Å². The van der Waals surface area contributed by atoms with E-state index in [4.69, 9.17) is 5.11 Å². The van der Waals surface area contributed by atoms with Crippen molar-refractivity contribution in [1.82, 2.24) is 0 Å². The van der Waals surface area contributed by atoms with Gasteiger partial charge in [-0.2, -0.15) is 0 Å². The standard InChI is InChI=1S/C7H5BrFNO2.C7H6FNO3.2CH4/c1-4-2-6(9)5(8)3-7(4)10(11)12;1-4-2-5(8)7(10)3-6(4)9(11)12;;/h2-3H,1H3;2-3,10H,1H3;2*1H4. The molecule has 0 amide bonds. The molecule has 26 heavy (non-hydrogen) atoms. The maximum absolute atomic E-state index is 12.8. The van der Waals surface area contributed by atoms with Gasteiger partial charge in [-0.15, -0.1) is 0 Å². The topological polar surface area (TPSA) is 107 Å². The van der Waals surface area contributed by atoms with E-state index < -0.39 is 27.2 Å². The van der Waals surface area contributed by atoms with Gasteiger partial charge in [-0.25, -0.2) is 8.78 Å². The molecular formula is C16H19BrF2N2O5. The van der Waals surface area contributed by atoms with Gasteiger partial charge in [0.15, 0.2) is 11.6 Å². The van der Waals surface area contributed by atoms with Crippen molar-refractivity contribution >= 4 is 27.3 Å². The fourth-order valence-electron chi connectivity index (χ4n) is 1.68. The molecule has 0 bridgehead atoms. The third kappa shape index (κ3) is 6.36. The molecule has 0 aliphatic rings. The number of nitro groups is 2. The van der Waals surface area contributed by atoms with E-state index >= 15 is 0 Å². The molecule has 0 unspecified atom stereocenters. The highest BCUT2D eigenvalue weighted by Crippen LogP contribution is 2.26. The number of rotatable bonds is 2. The minimum Gasteiger partial charge on any atom is -0.505 e. The molecule has 0 saturated heterocycles. The summed E-state index contributed by atoms with van der Waals surface area (Å²) in [6, 6.07) is 4.00. The van der Waals surface area contributed by atoms with E-state index in [-0.39, 0.29) is 36.3 Å². The first-order chi connectivity index (χ1) is 11.0. The summed E-state index contributed by atoms with van der Waals surface area (Å²) in [4.78, 5) is 19.4. The van der Waals surface area contributed by atoms with Gasteiger partial charge in [-0.05, 0) is 41.9 Å². The normalized spacial score (nSPS) is 9.12. The molecule has 0 aliphatic carbocycles. The molecule has 0 spiro atoms. The first-order valence-corrected chi connectivity index (χ1v) is 7.07. The number of phenolic OH excluding ortho intramolecular Hbond substituents is 1. The highest BCUT2D eigenvalue weighted by molar-refractivity contribution is 9.10. The largest absolute Gasteiger partial charge is 0.505 e. The van der Waals surface area contributed by atoms with Gasteiger partial charge < -0.3 is 5.11 Å². The summed E-state index contributed by atoms with van der Waals surface area (Å²) in [7, 11) is 0. The molecule has 2 aromatic carbocycles. The van der Waals surface area contributed by atoms with E-state index in [9.17, 15) is 29.0 Å². The Hall–Kier alpha value is -2.62. The Bertz CT molecular complexity index is 748. The lowest BCUT2D eigenvalue weighted by molar-refractivity contribution is -0.385. The van der Waals surface area contributed by atoms with Crippen LogP contribution in [0.4, 0.5) is 20.2 Å². The summed E-state index contributed by atoms with van der Waals surface area (Å²) in [5, 5.41) is 29.4. The van der Waals surface area contributed by atoms with Crippen molar-refractivity contribution in [3.63, 3.8) is 0 Å². The summed E-state index contributed by atoms with van der Waals surface area (Å²) < 4.78 is 25.4. The van der Waals surface area contributed by atoms with Crippen LogP contribution in [0.3, 0.4) is 0 Å². The molecule has 2 aromatic rings. The Kier molecular flexibility index (Phi) is 10.2. The summed E-state index contributed by atoms with van der Waals surface area (Å²) in [6.45, 7) is 2.90. The highest BCUT2D eigenvalue weighted by atomic mass is 79.9. The summed E-state index contributed by atoms with van der Waals surface area (Å²) in [5.74, 6) is -2.04. The fourth-order valence-corrected chi connectivity index (χ4v) is 2.01. The van der Waals surface area contributed by atoms with Gasteiger partial charge in [0.25, 0.3) is 11.4 Å². The van der Waals surface area contributed by atoms with Crippen LogP contribution in [0.1, 0.15) is 26.0 Å². The second-order valence-electron chi connectivity index (χ2n) is 4.66. The zero-order valence-electron chi connectivity index (χ0n) is 12.4. The minimum atomic E-state index is -0.849. The number of nitro benzene ring substituents is 2. The molecular weight excluding hydrogens is 418 g/mol. The van der Waals surface area contributed by atoms with Gasteiger partial charge in [-0.1, -0.05) is 14.9 Å². The lowest BCUT2D eigenvalue weighted by atomic mass is 10.2. The smallest absolute Gasteiger partial charge is 0.276 e. The SMILES string of the molecule is C.C.Cc1cc(F)c(Br)cc1[N+](=O)[O-].Cc1cc(F)c(O)cc1[N+](=O)[O-]. The molecule has 10 heteroatoms. The van der Waals surface area contributed by atoms with Crippen molar-refractivity contribution in [2.24, 2.45) is 0 Å². The average Bonchev–Trinajstić information content (AvgIpc) is 2.46. The van der Waals surface area contributed by atoms with E-state index in [2.05, 4.69) is 15.9 Å². The Balaban J connectivity index is 0. The first-order valence-electron chi connectivity index (χ1n) is 6.28. The van der Waals surface area contributed by atoms with Crippen LogP contribution in [-0.4, -0.2) is 15.0 Å². The number of aryl methyl sites for hydroxylation is 2. The number of halogens is 3. The third-order valence-corrected chi connectivity index (χ3v) is 3.51. The second-order valence-corrected chi connectivity index (χ2v) is 5.51. The number of nitrogens with zero attached hydrogens (tertiary/aromatic N) is 2. The van der Waals surface area contributed by atoms with E-state index in [1.165, 1.54) is 13.8 Å². The van der Waals surface area contributed by atoms with E-state index in [1.54, 1.807) is 0 Å². The number of aromatic hydroxyl groups is 1. The first kappa shape index (κ1) is 25.6. The van der Waals surface area contributed by atoms with Gasteiger partial charge in [0.2, 0.25) is 0 Å². The molecule has 0 radical (unpaired) electrons. The molecule has 1 N–H and O–H groups in total. The van der Waals surface area contributed by atoms with E-state index in [0.29, 0.717) is 5.56 Å². The predicted molar refractivity (Wildman–Crippen MR) is 98.4 cm³/mol. The summed E-state index contributed by atoms with van der Waals surface area (Å²) >= 11 is 2.87. The fraction of sp³-hybridized carbons (Fsp3) is 0.250. The molecule has 0 saturated carbocycles. The number of hydrogen-bond acceptors (Lipinski definition) is 5. The minimum absolute atomic E-state index is 0. The van der Waals surface area contributed by atoms with Gasteiger partial charge >= 0.3 is 0 Å². The Morgan fingerprint density at radius 1 is 0.885 bits per heavy atom. The van der Waals surface area contributed by atoms with Crippen molar-refractivity contribution in [1.29, 1.82) is 0 Å². The Morgan fingerprint density at radius 3 is 1.69 bits per heavy atom. The molecule has 0 fully saturated rings. The van der Waals surface area contributed by atoms with Crippen LogP contribution in [-0.2, 0) is 0 Å². The zero-order chi connectivity index (χ0) is 18.6. The highest BCUT2D eigenvalue weighted by Gasteiger charge is 2.14.